The third-order valence-corrected chi connectivity index (χ3v) is 2.69. The highest BCUT2D eigenvalue weighted by Crippen LogP contribution is 2.25. The van der Waals surface area contributed by atoms with Crippen molar-refractivity contribution in [3.8, 4) is 0 Å². The van der Waals surface area contributed by atoms with Crippen molar-refractivity contribution in [3.63, 3.8) is 0 Å². The van der Waals surface area contributed by atoms with Crippen LogP contribution in [0.25, 0.3) is 0 Å². The van der Waals surface area contributed by atoms with E-state index in [0.29, 0.717) is 5.92 Å². The van der Waals surface area contributed by atoms with Crippen molar-refractivity contribution in [3.05, 3.63) is 17.5 Å². The van der Waals surface area contributed by atoms with E-state index in [1.807, 2.05) is 0 Å². The van der Waals surface area contributed by atoms with Crippen molar-refractivity contribution in [1.29, 1.82) is 0 Å². The largest absolute Gasteiger partial charge is 0.323 e. The molecule has 0 saturated carbocycles. The van der Waals surface area contributed by atoms with E-state index in [-0.39, 0.29) is 6.04 Å². The monoisotopic (exact) mass is 179 g/mol. The molecule has 0 aliphatic carbocycles. The van der Waals surface area contributed by atoms with Crippen molar-refractivity contribution in [2.75, 3.05) is 0 Å². The molecule has 2 heterocycles. The molecule has 0 bridgehead atoms. The van der Waals surface area contributed by atoms with Gasteiger partial charge in [-0.15, -0.1) is 0 Å². The van der Waals surface area contributed by atoms with E-state index >= 15 is 0 Å². The molecule has 0 unspecified atom stereocenters. The minimum Gasteiger partial charge on any atom is -0.323 e. The SMILES string of the molecule is CC(C)c1cc2n(n1)CCC[C@@H]2N. The summed E-state index contributed by atoms with van der Waals surface area (Å²) < 4.78 is 2.07. The molecule has 72 valence electrons. The predicted molar refractivity (Wildman–Crippen MR) is 52.5 cm³/mol. The number of nitrogens with two attached hydrogens (primary N) is 1. The number of rotatable bonds is 1. The summed E-state index contributed by atoms with van der Waals surface area (Å²) >= 11 is 0. The number of hydrogen-bond donors (Lipinski definition) is 1. The van der Waals surface area contributed by atoms with Crippen LogP contribution in [0, 0.1) is 0 Å². The molecule has 1 aliphatic heterocycles. The molecule has 0 radical (unpaired) electrons. The zero-order valence-corrected chi connectivity index (χ0v) is 8.33. The number of aromatic nitrogens is 2. The quantitative estimate of drug-likeness (QED) is 0.714. The lowest BCUT2D eigenvalue weighted by atomic mass is 10.0. The molecule has 1 aromatic heterocycles. The highest BCUT2D eigenvalue weighted by atomic mass is 15.3. The first-order valence-electron chi connectivity index (χ1n) is 5.01. The fourth-order valence-corrected chi connectivity index (χ4v) is 1.82. The molecular weight excluding hydrogens is 162 g/mol. The first-order chi connectivity index (χ1) is 6.18. The second-order valence-electron chi connectivity index (χ2n) is 4.12. The van der Waals surface area contributed by atoms with Crippen molar-refractivity contribution in [2.24, 2.45) is 5.73 Å². The maximum atomic E-state index is 6.00. The standard InChI is InChI=1S/C10H17N3/c1-7(2)9-6-10-8(11)4-3-5-13(10)12-9/h6-8H,3-5,11H2,1-2H3/t8-/m0/s1. The third kappa shape index (κ3) is 1.48. The fourth-order valence-electron chi connectivity index (χ4n) is 1.82. The molecular formula is C10H17N3. The van der Waals surface area contributed by atoms with Gasteiger partial charge in [0.2, 0.25) is 0 Å². The smallest absolute Gasteiger partial charge is 0.0653 e. The topological polar surface area (TPSA) is 43.8 Å². The van der Waals surface area contributed by atoms with Crippen LogP contribution in [-0.4, -0.2) is 9.78 Å². The van der Waals surface area contributed by atoms with Crippen LogP contribution in [0.2, 0.25) is 0 Å². The summed E-state index contributed by atoms with van der Waals surface area (Å²) in [6, 6.07) is 2.36. The summed E-state index contributed by atoms with van der Waals surface area (Å²) in [7, 11) is 0. The van der Waals surface area contributed by atoms with Crippen molar-refractivity contribution >= 4 is 0 Å². The molecule has 13 heavy (non-hydrogen) atoms. The molecule has 0 aromatic carbocycles. The van der Waals surface area contributed by atoms with E-state index in [0.717, 1.165) is 19.4 Å². The molecule has 0 fully saturated rings. The minimum absolute atomic E-state index is 0.203. The normalized spacial score (nSPS) is 22.0. The Morgan fingerprint density at radius 1 is 1.62 bits per heavy atom. The Bertz CT molecular complexity index is 301. The molecule has 2 rings (SSSR count). The summed E-state index contributed by atoms with van der Waals surface area (Å²) in [4.78, 5) is 0. The van der Waals surface area contributed by atoms with Gasteiger partial charge in [0.05, 0.1) is 11.4 Å². The van der Waals surface area contributed by atoms with Crippen LogP contribution in [-0.2, 0) is 6.54 Å². The lowest BCUT2D eigenvalue weighted by Gasteiger charge is -2.19. The zero-order valence-electron chi connectivity index (χ0n) is 8.33. The molecule has 1 aliphatic rings. The molecule has 1 atom stereocenters. The van der Waals surface area contributed by atoms with E-state index < -0.39 is 0 Å². The Hall–Kier alpha value is -0.830. The maximum absolute atomic E-state index is 6.00. The van der Waals surface area contributed by atoms with Crippen LogP contribution < -0.4 is 5.73 Å². The molecule has 0 spiro atoms. The van der Waals surface area contributed by atoms with Gasteiger partial charge < -0.3 is 5.73 Å². The lowest BCUT2D eigenvalue weighted by Crippen LogP contribution is -2.21. The highest BCUT2D eigenvalue weighted by Gasteiger charge is 2.19. The lowest BCUT2D eigenvalue weighted by molar-refractivity contribution is 0.428. The minimum atomic E-state index is 0.203. The first kappa shape index (κ1) is 8.75. The summed E-state index contributed by atoms with van der Waals surface area (Å²) in [5.41, 5.74) is 8.39. The van der Waals surface area contributed by atoms with E-state index in [1.165, 1.54) is 11.4 Å². The maximum Gasteiger partial charge on any atom is 0.0653 e. The second-order valence-corrected chi connectivity index (χ2v) is 4.12. The third-order valence-electron chi connectivity index (χ3n) is 2.69. The van der Waals surface area contributed by atoms with Crippen molar-refractivity contribution in [2.45, 2.75) is 45.2 Å². The van der Waals surface area contributed by atoms with Gasteiger partial charge in [0.25, 0.3) is 0 Å². The first-order valence-corrected chi connectivity index (χ1v) is 5.01. The molecule has 0 amide bonds. The molecule has 3 heteroatoms. The summed E-state index contributed by atoms with van der Waals surface area (Å²) in [5.74, 6) is 0.505. The van der Waals surface area contributed by atoms with Crippen LogP contribution in [0.15, 0.2) is 6.07 Å². The average Bonchev–Trinajstić information content (AvgIpc) is 2.49. The van der Waals surface area contributed by atoms with Crippen LogP contribution in [0.4, 0.5) is 0 Å². The predicted octanol–water partition coefficient (Wildman–Crippen LogP) is 1.80. The summed E-state index contributed by atoms with van der Waals surface area (Å²) in [6.07, 6.45) is 2.26. The van der Waals surface area contributed by atoms with E-state index in [9.17, 15) is 0 Å². The number of hydrogen-bond acceptors (Lipinski definition) is 2. The van der Waals surface area contributed by atoms with Gasteiger partial charge in [-0.2, -0.15) is 5.10 Å². The fraction of sp³-hybridized carbons (Fsp3) is 0.700. The average molecular weight is 179 g/mol. The van der Waals surface area contributed by atoms with E-state index in [4.69, 9.17) is 5.73 Å². The Labute approximate surface area is 78.9 Å². The van der Waals surface area contributed by atoms with E-state index in [2.05, 4.69) is 29.7 Å². The van der Waals surface area contributed by atoms with E-state index in [1.54, 1.807) is 0 Å². The number of fused-ring (bicyclic) bond motifs is 1. The van der Waals surface area contributed by atoms with Gasteiger partial charge in [0, 0.05) is 12.6 Å². The van der Waals surface area contributed by atoms with Crippen LogP contribution >= 0.6 is 0 Å². The van der Waals surface area contributed by atoms with Crippen LogP contribution in [0.1, 0.15) is 50.0 Å². The Morgan fingerprint density at radius 3 is 3.00 bits per heavy atom. The van der Waals surface area contributed by atoms with Crippen molar-refractivity contribution < 1.29 is 0 Å². The Balaban J connectivity index is 2.36. The highest BCUT2D eigenvalue weighted by molar-refractivity contribution is 5.17. The van der Waals surface area contributed by atoms with Gasteiger partial charge in [0.1, 0.15) is 0 Å². The Morgan fingerprint density at radius 2 is 2.38 bits per heavy atom. The Kier molecular flexibility index (Phi) is 2.12. The van der Waals surface area contributed by atoms with Gasteiger partial charge in [0.15, 0.2) is 0 Å². The number of nitrogens with zero attached hydrogens (tertiary/aromatic N) is 2. The van der Waals surface area contributed by atoms with Crippen LogP contribution in [0.5, 0.6) is 0 Å². The van der Waals surface area contributed by atoms with Crippen LogP contribution in [0.3, 0.4) is 0 Å². The van der Waals surface area contributed by atoms with Gasteiger partial charge in [-0.3, -0.25) is 4.68 Å². The van der Waals surface area contributed by atoms with Gasteiger partial charge in [-0.05, 0) is 24.8 Å². The molecule has 3 nitrogen and oxygen atoms in total. The zero-order chi connectivity index (χ0) is 9.42. The molecule has 2 N–H and O–H groups in total. The van der Waals surface area contributed by atoms with Gasteiger partial charge >= 0.3 is 0 Å². The van der Waals surface area contributed by atoms with Crippen molar-refractivity contribution in [1.82, 2.24) is 9.78 Å². The summed E-state index contributed by atoms with van der Waals surface area (Å²) in [6.45, 7) is 5.37. The molecule has 0 saturated heterocycles. The summed E-state index contributed by atoms with van der Waals surface area (Å²) in [5, 5.41) is 4.54. The van der Waals surface area contributed by atoms with Gasteiger partial charge in [-0.25, -0.2) is 0 Å². The molecule has 1 aromatic rings. The number of aryl methyl sites for hydroxylation is 1. The van der Waals surface area contributed by atoms with Gasteiger partial charge in [-0.1, -0.05) is 13.8 Å². The second kappa shape index (κ2) is 3.14.